The number of rotatable bonds is 24. The maximum Gasteiger partial charge on any atom is 2.00 e. The predicted molar refractivity (Wildman–Crippen MR) is 317 cm³/mol. The Bertz CT molecular complexity index is 1530. The van der Waals surface area contributed by atoms with Crippen molar-refractivity contribution >= 4 is 166 Å². The fourth-order valence-corrected chi connectivity index (χ4v) is 9.68. The van der Waals surface area contributed by atoms with Gasteiger partial charge >= 0.3 is 58.1 Å². The van der Waals surface area contributed by atoms with Crippen LogP contribution in [0.15, 0.2) is 102 Å². The van der Waals surface area contributed by atoms with Crippen molar-refractivity contribution in [1.29, 1.82) is 0 Å². The molecule has 0 unspecified atom stereocenters. The molecule has 0 fully saturated rings. The standard InChI is InChI=1S/C24H34Cl2Si.C12H17Br.C12H17.C4H10O.B2.BrH.Cl4Si.2Mg.2H/c1-3-5-7-9-11-21-13-17-23(18-14-21)27(25,26)24-19-15-22(16-20-24)12-10-8-6-4-2;1-2-3-4-5-6-11-7-9-12(13)10-8-11;1-2-3-4-6-9-12-10-7-5-8-11-12;1-3-5-4-2;1-2;;1-5(2,3)4;;;;/h13-20H,3-12H2,1-2H3;7-10H,2-6H2,1H3;7-8,10-11H,2-4,6,9H2,1H3;3-4H2,1-2H3;;1H;;;;;/q;;-1;;;;;2*+2;2*-1/p-1. The first-order valence-electron chi connectivity index (χ1n) is 23.7. The van der Waals surface area contributed by atoms with Crippen molar-refractivity contribution in [1.82, 2.24) is 0 Å². The van der Waals surface area contributed by atoms with E-state index in [1.54, 1.807) is 0 Å². The van der Waals surface area contributed by atoms with Crippen LogP contribution in [0.1, 0.15) is 169 Å². The molecular weight excluding hydrogens is 1140 g/mol. The average molecular weight is 1220 g/mol. The number of hydrogen-bond acceptors (Lipinski definition) is 1. The summed E-state index contributed by atoms with van der Waals surface area (Å²) in [6, 6.07) is 37.4. The molecule has 0 aliphatic carbocycles. The van der Waals surface area contributed by atoms with Gasteiger partial charge in [0.15, 0.2) is 0 Å². The Morgan fingerprint density at radius 1 is 0.448 bits per heavy atom. The molecule has 4 aromatic carbocycles. The van der Waals surface area contributed by atoms with Gasteiger partial charge in [-0.3, -0.25) is 0 Å². The van der Waals surface area contributed by atoms with Gasteiger partial charge in [0, 0.05) is 33.2 Å². The molecule has 0 bridgehead atoms. The Labute approximate surface area is 498 Å². The molecule has 0 saturated carbocycles. The minimum atomic E-state index is -2.72. The Morgan fingerprint density at radius 3 is 0.940 bits per heavy atom. The van der Waals surface area contributed by atoms with Crippen molar-refractivity contribution in [3.05, 3.63) is 130 Å². The van der Waals surface area contributed by atoms with E-state index in [9.17, 15) is 0 Å². The summed E-state index contributed by atoms with van der Waals surface area (Å²) in [5.74, 6) is 0. The van der Waals surface area contributed by atoms with Crippen LogP contribution >= 0.6 is 82.4 Å². The van der Waals surface area contributed by atoms with E-state index >= 15 is 0 Å². The van der Waals surface area contributed by atoms with Gasteiger partial charge in [-0.15, -0.1) is 66.5 Å². The Morgan fingerprint density at radius 2 is 0.701 bits per heavy atom. The molecule has 1 nitrogen and oxygen atoms in total. The molecule has 4 rings (SSSR count). The summed E-state index contributed by atoms with van der Waals surface area (Å²) >= 11 is 37.1. The van der Waals surface area contributed by atoms with Gasteiger partial charge in [-0.05, 0) is 91.6 Å². The van der Waals surface area contributed by atoms with Crippen LogP contribution in [0.5, 0.6) is 0 Å². The normalized spacial score (nSPS) is 10.1. The molecule has 4 radical (unpaired) electrons. The Balaban J connectivity index is -0.000000155. The van der Waals surface area contributed by atoms with E-state index in [0.717, 1.165) is 36.4 Å². The molecule has 0 saturated heterocycles. The van der Waals surface area contributed by atoms with Gasteiger partial charge in [0.2, 0.25) is 0 Å². The van der Waals surface area contributed by atoms with E-state index in [0.29, 0.717) is 0 Å². The van der Waals surface area contributed by atoms with Gasteiger partial charge < -0.3 is 24.6 Å². The molecule has 67 heavy (non-hydrogen) atoms. The number of halogens is 8. The predicted octanol–water partition coefficient (Wildman–Crippen LogP) is 14.3. The fraction of sp³-hybridized carbons (Fsp3) is 0.538. The molecule has 0 N–H and O–H groups in total. The maximum absolute atomic E-state index is 6.89. The first-order valence-corrected chi connectivity index (χ1v) is 34.5. The van der Waals surface area contributed by atoms with Crippen LogP contribution in [0.4, 0.5) is 0 Å². The van der Waals surface area contributed by atoms with Gasteiger partial charge in [-0.2, -0.15) is 35.9 Å². The summed E-state index contributed by atoms with van der Waals surface area (Å²) in [6.45, 7) is 12.0. The number of hydrogen-bond donors (Lipinski definition) is 0. The molecule has 0 atom stereocenters. The molecule has 0 aromatic heterocycles. The summed E-state index contributed by atoms with van der Waals surface area (Å²) in [4.78, 5) is 0. The first kappa shape index (κ1) is 77.5. The van der Waals surface area contributed by atoms with Gasteiger partial charge in [0.1, 0.15) is 0 Å². The molecule has 0 aliphatic rings. The molecule has 0 heterocycles. The van der Waals surface area contributed by atoms with Crippen LogP contribution in [0, 0.1) is 6.07 Å². The van der Waals surface area contributed by atoms with Gasteiger partial charge in [0.05, 0.1) is 0 Å². The summed E-state index contributed by atoms with van der Waals surface area (Å²) in [5, 5.41) is -0.558. The largest absolute Gasteiger partial charge is 2.00 e. The third-order valence-electron chi connectivity index (χ3n) is 10.0. The summed E-state index contributed by atoms with van der Waals surface area (Å²) < 4.78 is 6.00. The smallest absolute Gasteiger partial charge is 1.00 e. The minimum Gasteiger partial charge on any atom is -1.00 e. The van der Waals surface area contributed by atoms with E-state index in [4.69, 9.17) is 71.2 Å². The van der Waals surface area contributed by atoms with Crippen molar-refractivity contribution in [2.45, 2.75) is 170 Å². The molecule has 0 spiro atoms. The molecular formula is C52H80B2Br2Cl6Mg2OSi2. The monoisotopic (exact) mass is 1210 g/mol. The topological polar surface area (TPSA) is 9.23 Å². The van der Waals surface area contributed by atoms with Gasteiger partial charge in [0.25, 0.3) is 0 Å². The SMILES string of the molecule is CCCCCCc1cc[c-]cc1.CCCCCCc1ccc(Br)cc1.CCCCCCc1ccc([Si](Cl)(Cl)c2ccc(CCCCCC)cc2)cc1.CCOCC.Cl[Si](Cl)(Cl)Cl.[B][B].[Br-].[H-].[H-].[Mg+2].[Mg+2]. The Hall–Kier alpha value is 1.64. The third kappa shape index (κ3) is 48.3. The molecule has 0 aliphatic heterocycles. The molecule has 368 valence electrons. The zero-order chi connectivity index (χ0) is 48.3. The summed E-state index contributed by atoms with van der Waals surface area (Å²) in [6.07, 6.45) is 25.9. The quantitative estimate of drug-likeness (QED) is 0.0294. The second kappa shape index (κ2) is 53.9. The Kier molecular flexibility index (Phi) is 62.4. The zero-order valence-electron chi connectivity index (χ0n) is 43.8. The van der Waals surface area contributed by atoms with E-state index in [2.05, 4.69) is 150 Å². The number of unbranched alkanes of at least 4 members (excludes halogenated alkanes) is 12. The van der Waals surface area contributed by atoms with Crippen molar-refractivity contribution < 1.29 is 24.6 Å². The second-order valence-corrected chi connectivity index (χ2v) is 33.8. The van der Waals surface area contributed by atoms with Crippen molar-refractivity contribution in [3.8, 4) is 0 Å². The average Bonchev–Trinajstić information content (AvgIpc) is 3.29. The van der Waals surface area contributed by atoms with Crippen LogP contribution in [-0.4, -0.2) is 86.8 Å². The van der Waals surface area contributed by atoms with Crippen LogP contribution in [0.3, 0.4) is 0 Å². The molecule has 15 heteroatoms. The van der Waals surface area contributed by atoms with Gasteiger partial charge in [-0.25, -0.2) is 0 Å². The van der Waals surface area contributed by atoms with Crippen molar-refractivity contribution in [2.24, 2.45) is 0 Å². The number of ether oxygens (including phenoxy) is 1. The van der Waals surface area contributed by atoms with E-state index in [-0.39, 0.29) is 65.9 Å². The minimum absolute atomic E-state index is 0. The van der Waals surface area contributed by atoms with Crippen LogP contribution < -0.4 is 27.4 Å². The van der Waals surface area contributed by atoms with Crippen molar-refractivity contribution in [2.75, 3.05) is 13.2 Å². The summed E-state index contributed by atoms with van der Waals surface area (Å²) in [5.41, 5.74) is 5.68. The first-order chi connectivity index (χ1) is 30.7. The number of benzene rings is 4. The zero-order valence-corrected chi connectivity index (χ0v) is 54.3. The van der Waals surface area contributed by atoms with E-state index in [1.165, 1.54) is 142 Å². The number of aryl methyl sites for hydroxylation is 4. The molecule has 0 amide bonds. The molecule has 4 aromatic rings. The van der Waals surface area contributed by atoms with E-state index < -0.39 is 12.0 Å². The summed E-state index contributed by atoms with van der Waals surface area (Å²) in [7, 11) is 8.00. The van der Waals surface area contributed by atoms with Gasteiger partial charge in [-0.1, -0.05) is 194 Å². The second-order valence-electron chi connectivity index (χ2n) is 15.5. The fourth-order valence-electron chi connectivity index (χ4n) is 6.40. The van der Waals surface area contributed by atoms with Crippen LogP contribution in [-0.2, 0) is 30.4 Å². The third-order valence-corrected chi connectivity index (χ3v) is 15.3. The van der Waals surface area contributed by atoms with Crippen LogP contribution in [0.25, 0.3) is 0 Å². The van der Waals surface area contributed by atoms with Crippen LogP contribution in [0.2, 0.25) is 0 Å². The van der Waals surface area contributed by atoms with Crippen molar-refractivity contribution in [3.63, 3.8) is 0 Å². The maximum atomic E-state index is 6.89. The van der Waals surface area contributed by atoms with E-state index in [1.807, 2.05) is 26.0 Å².